The average molecular weight is 477 g/mol. The van der Waals surface area contributed by atoms with Gasteiger partial charge in [0.15, 0.2) is 5.82 Å². The highest BCUT2D eigenvalue weighted by Gasteiger charge is 2.33. The summed E-state index contributed by atoms with van der Waals surface area (Å²) in [7, 11) is 1.46. The molecule has 180 valence electrons. The van der Waals surface area contributed by atoms with Gasteiger partial charge in [-0.25, -0.2) is 4.68 Å². The van der Waals surface area contributed by atoms with Crippen molar-refractivity contribution in [1.82, 2.24) is 15.1 Å². The summed E-state index contributed by atoms with van der Waals surface area (Å²) in [6.45, 7) is 3.10. The molecule has 1 saturated heterocycles. The molecule has 1 aromatic heterocycles. The lowest BCUT2D eigenvalue weighted by molar-refractivity contribution is -0.385. The molecule has 1 aliphatic heterocycles. The SMILES string of the molecule is CC(Nc1nn(C)c(=O)c2ccc(O[C@H]3CCNC3)cc12)c1cc([N+](=O)[O-])cc(C(F)(F)F)c1. The second-order valence-electron chi connectivity index (χ2n) is 8.15. The molecule has 9 nitrogen and oxygen atoms in total. The number of benzene rings is 2. The molecule has 2 N–H and O–H groups in total. The van der Waals surface area contributed by atoms with Crippen molar-refractivity contribution in [2.45, 2.75) is 31.7 Å². The summed E-state index contributed by atoms with van der Waals surface area (Å²) in [5, 5.41) is 22.4. The number of aryl methyl sites for hydroxylation is 1. The predicted octanol–water partition coefficient (Wildman–Crippen LogP) is 3.77. The van der Waals surface area contributed by atoms with Crippen LogP contribution in [0.5, 0.6) is 5.75 Å². The Balaban J connectivity index is 1.73. The molecule has 12 heteroatoms. The van der Waals surface area contributed by atoms with Gasteiger partial charge in [0.1, 0.15) is 11.9 Å². The number of halogens is 3. The van der Waals surface area contributed by atoms with Crippen molar-refractivity contribution in [2.24, 2.45) is 7.05 Å². The fraction of sp³-hybridized carbons (Fsp3) is 0.364. The van der Waals surface area contributed by atoms with Crippen LogP contribution in [0, 0.1) is 10.1 Å². The van der Waals surface area contributed by atoms with Gasteiger partial charge in [-0.1, -0.05) is 0 Å². The van der Waals surface area contributed by atoms with Crippen LogP contribution in [0.1, 0.15) is 30.5 Å². The lowest BCUT2D eigenvalue weighted by Crippen LogP contribution is -2.23. The maximum Gasteiger partial charge on any atom is 0.416 e. The zero-order valence-electron chi connectivity index (χ0n) is 18.3. The summed E-state index contributed by atoms with van der Waals surface area (Å²) in [6.07, 6.45) is -3.93. The van der Waals surface area contributed by atoms with Crippen LogP contribution in [-0.4, -0.2) is 33.9 Å². The van der Waals surface area contributed by atoms with Gasteiger partial charge in [-0.05, 0) is 49.7 Å². The molecule has 1 fully saturated rings. The number of nitro groups is 1. The Kier molecular flexibility index (Phi) is 6.17. The lowest BCUT2D eigenvalue weighted by atomic mass is 10.0. The largest absolute Gasteiger partial charge is 0.489 e. The van der Waals surface area contributed by atoms with Crippen LogP contribution in [0.25, 0.3) is 10.8 Å². The minimum Gasteiger partial charge on any atom is -0.489 e. The first-order valence-corrected chi connectivity index (χ1v) is 10.5. The lowest BCUT2D eigenvalue weighted by Gasteiger charge is -2.19. The Hall–Kier alpha value is -3.67. The standard InChI is InChI=1S/C22H22F3N5O4/c1-12(13-7-14(22(23,24)25)9-15(8-13)30(32)33)27-20-19-10-16(34-17-5-6-26-11-17)3-4-18(19)21(31)29(2)28-20/h3-4,7-10,12,17,26H,5-6,11H2,1-2H3,(H,27,28)/t12?,17-/m0/s1. The van der Waals surface area contributed by atoms with Gasteiger partial charge < -0.3 is 15.4 Å². The monoisotopic (exact) mass is 477 g/mol. The van der Waals surface area contributed by atoms with E-state index in [9.17, 15) is 28.1 Å². The molecule has 2 atom stereocenters. The van der Waals surface area contributed by atoms with Crippen LogP contribution in [-0.2, 0) is 13.2 Å². The number of ether oxygens (including phenoxy) is 1. The van der Waals surface area contributed by atoms with Crippen molar-refractivity contribution in [3.63, 3.8) is 0 Å². The summed E-state index contributed by atoms with van der Waals surface area (Å²) < 4.78 is 47.0. The topological polar surface area (TPSA) is 111 Å². The third-order valence-corrected chi connectivity index (χ3v) is 5.67. The Morgan fingerprint density at radius 1 is 1.26 bits per heavy atom. The van der Waals surface area contributed by atoms with Crippen molar-refractivity contribution < 1.29 is 22.8 Å². The molecule has 0 aliphatic carbocycles. The van der Waals surface area contributed by atoms with Crippen LogP contribution in [0.2, 0.25) is 0 Å². The normalized spacial score (nSPS) is 17.0. The molecular weight excluding hydrogens is 455 g/mol. The third-order valence-electron chi connectivity index (χ3n) is 5.67. The molecule has 2 heterocycles. The van der Waals surface area contributed by atoms with Crippen molar-refractivity contribution in [2.75, 3.05) is 18.4 Å². The van der Waals surface area contributed by atoms with Crippen LogP contribution in [0.15, 0.2) is 41.2 Å². The number of nitrogens with zero attached hydrogens (tertiary/aromatic N) is 3. The summed E-state index contributed by atoms with van der Waals surface area (Å²) in [5.74, 6) is 0.765. The third kappa shape index (κ3) is 4.81. The van der Waals surface area contributed by atoms with Crippen molar-refractivity contribution in [3.05, 3.63) is 68.0 Å². The Bertz CT molecular complexity index is 1300. The van der Waals surface area contributed by atoms with E-state index in [1.807, 2.05) is 0 Å². The van der Waals surface area contributed by atoms with Gasteiger partial charge in [-0.15, -0.1) is 0 Å². The maximum atomic E-state index is 13.3. The molecule has 3 aromatic rings. The molecule has 0 spiro atoms. The fourth-order valence-corrected chi connectivity index (χ4v) is 3.87. The highest BCUT2D eigenvalue weighted by Crippen LogP contribution is 2.35. The van der Waals surface area contributed by atoms with E-state index in [2.05, 4.69) is 15.7 Å². The number of alkyl halides is 3. The Morgan fingerprint density at radius 3 is 2.68 bits per heavy atom. The quantitative estimate of drug-likeness (QED) is 0.411. The molecule has 0 bridgehead atoms. The first-order valence-electron chi connectivity index (χ1n) is 10.5. The van der Waals surface area contributed by atoms with Gasteiger partial charge in [0.2, 0.25) is 0 Å². The molecular formula is C22H22F3N5O4. The van der Waals surface area contributed by atoms with Crippen LogP contribution in [0.3, 0.4) is 0 Å². The molecule has 34 heavy (non-hydrogen) atoms. The minimum absolute atomic E-state index is 0.0158. The predicted molar refractivity (Wildman–Crippen MR) is 119 cm³/mol. The summed E-state index contributed by atoms with van der Waals surface area (Å²) in [5.41, 5.74) is -2.09. The average Bonchev–Trinajstić information content (AvgIpc) is 3.29. The van der Waals surface area contributed by atoms with E-state index in [0.717, 1.165) is 29.8 Å². The highest BCUT2D eigenvalue weighted by atomic mass is 19.4. The fourth-order valence-electron chi connectivity index (χ4n) is 3.87. The number of aromatic nitrogens is 2. The number of non-ortho nitro benzene ring substituents is 1. The van der Waals surface area contributed by atoms with Gasteiger partial charge >= 0.3 is 6.18 Å². The van der Waals surface area contributed by atoms with Crippen LogP contribution in [0.4, 0.5) is 24.7 Å². The second kappa shape index (κ2) is 8.93. The van der Waals surface area contributed by atoms with Gasteiger partial charge in [-0.3, -0.25) is 14.9 Å². The van der Waals surface area contributed by atoms with E-state index in [1.54, 1.807) is 25.1 Å². The van der Waals surface area contributed by atoms with Crippen molar-refractivity contribution in [3.8, 4) is 5.75 Å². The Morgan fingerprint density at radius 2 is 2.03 bits per heavy atom. The first-order chi connectivity index (χ1) is 16.0. The van der Waals surface area contributed by atoms with Crippen molar-refractivity contribution >= 4 is 22.3 Å². The zero-order chi connectivity index (χ0) is 24.6. The maximum absolute atomic E-state index is 13.3. The van der Waals surface area contributed by atoms with E-state index >= 15 is 0 Å². The number of rotatable bonds is 6. The molecule has 0 radical (unpaired) electrons. The molecule has 2 aromatic carbocycles. The minimum atomic E-state index is -4.75. The number of anilines is 1. The smallest absolute Gasteiger partial charge is 0.416 e. The second-order valence-corrected chi connectivity index (χ2v) is 8.15. The number of hydrogen-bond donors (Lipinski definition) is 2. The van der Waals surface area contributed by atoms with E-state index in [1.165, 1.54) is 7.05 Å². The zero-order valence-corrected chi connectivity index (χ0v) is 18.3. The van der Waals surface area contributed by atoms with Crippen LogP contribution >= 0.6 is 0 Å². The molecule has 0 saturated carbocycles. The molecule has 0 amide bonds. The number of hydrogen-bond acceptors (Lipinski definition) is 7. The van der Waals surface area contributed by atoms with E-state index in [0.29, 0.717) is 29.1 Å². The van der Waals surface area contributed by atoms with E-state index in [4.69, 9.17) is 4.74 Å². The first kappa shape index (κ1) is 23.5. The summed E-state index contributed by atoms with van der Waals surface area (Å²) >= 11 is 0. The van der Waals surface area contributed by atoms with Gasteiger partial charge in [0.25, 0.3) is 11.2 Å². The van der Waals surface area contributed by atoms with Crippen LogP contribution < -0.4 is 20.9 Å². The van der Waals surface area contributed by atoms with Gasteiger partial charge in [0.05, 0.1) is 21.9 Å². The van der Waals surface area contributed by atoms with Gasteiger partial charge in [0, 0.05) is 31.1 Å². The number of nitrogens with one attached hydrogen (secondary N) is 2. The Labute approximate surface area is 191 Å². The van der Waals surface area contributed by atoms with E-state index in [-0.39, 0.29) is 23.0 Å². The van der Waals surface area contributed by atoms with E-state index < -0.39 is 28.4 Å². The molecule has 4 rings (SSSR count). The summed E-state index contributed by atoms with van der Waals surface area (Å²) in [4.78, 5) is 22.9. The van der Waals surface area contributed by atoms with Crippen molar-refractivity contribution in [1.29, 1.82) is 0 Å². The number of nitro benzene ring substituents is 1. The summed E-state index contributed by atoms with van der Waals surface area (Å²) in [6, 6.07) is 6.60. The highest BCUT2D eigenvalue weighted by molar-refractivity contribution is 5.92. The molecule has 1 aliphatic rings. The van der Waals surface area contributed by atoms with Gasteiger partial charge in [-0.2, -0.15) is 18.3 Å². The number of fused-ring (bicyclic) bond motifs is 1. The molecule has 1 unspecified atom stereocenters.